The molecule has 1 aliphatic rings. The first-order valence-corrected chi connectivity index (χ1v) is 14.6. The predicted octanol–water partition coefficient (Wildman–Crippen LogP) is 5.54. The lowest BCUT2D eigenvalue weighted by Crippen LogP contribution is -2.37. The van der Waals surface area contributed by atoms with Crippen LogP contribution in [0.5, 0.6) is 0 Å². The van der Waals surface area contributed by atoms with E-state index in [1.807, 2.05) is 79.7 Å². The number of hydroxylamine groups is 2. The molecule has 0 spiro atoms. The zero-order valence-corrected chi connectivity index (χ0v) is 24.0. The minimum Gasteiger partial charge on any atom is -0.330 e. The number of aromatic nitrogens is 1. The SMILES string of the molecule is CCC[n+]1c2ccccc2c(C(=O)N(CCCC(=O)ON2C(=O)CCC2=O)Sc2ccc(C)cc2)c2ccccc21. The van der Waals surface area contributed by atoms with Gasteiger partial charge in [-0.25, -0.2) is 4.79 Å². The fourth-order valence-corrected chi connectivity index (χ4v) is 5.93. The molecule has 0 atom stereocenters. The molecule has 1 saturated heterocycles. The van der Waals surface area contributed by atoms with E-state index in [9.17, 15) is 19.2 Å². The highest BCUT2D eigenvalue weighted by atomic mass is 32.2. The maximum atomic E-state index is 14.4. The van der Waals surface area contributed by atoms with E-state index < -0.39 is 17.8 Å². The first kappa shape index (κ1) is 28.3. The van der Waals surface area contributed by atoms with Crippen LogP contribution in [-0.2, 0) is 25.8 Å². The van der Waals surface area contributed by atoms with Crippen LogP contribution in [0.25, 0.3) is 21.8 Å². The Bertz CT molecular complexity index is 1560. The number of carbonyl (C=O) groups is 4. The van der Waals surface area contributed by atoms with Crippen LogP contribution in [0, 0.1) is 6.92 Å². The van der Waals surface area contributed by atoms with Crippen LogP contribution in [0.2, 0.25) is 0 Å². The van der Waals surface area contributed by atoms with Gasteiger partial charge < -0.3 is 4.84 Å². The fraction of sp³-hybridized carbons (Fsp3) is 0.281. The Balaban J connectivity index is 1.47. The van der Waals surface area contributed by atoms with E-state index >= 15 is 0 Å². The van der Waals surface area contributed by atoms with E-state index in [2.05, 4.69) is 11.5 Å². The van der Waals surface area contributed by atoms with E-state index in [1.165, 1.54) is 11.9 Å². The number of aryl methyl sites for hydroxylation is 2. The van der Waals surface area contributed by atoms with Gasteiger partial charge in [-0.1, -0.05) is 48.9 Å². The average Bonchev–Trinajstić information content (AvgIpc) is 3.29. The van der Waals surface area contributed by atoms with Crippen molar-refractivity contribution in [3.8, 4) is 0 Å². The Morgan fingerprint density at radius 2 is 1.49 bits per heavy atom. The summed E-state index contributed by atoms with van der Waals surface area (Å²) >= 11 is 1.32. The number of imide groups is 1. The van der Waals surface area contributed by atoms with Crippen molar-refractivity contribution in [2.24, 2.45) is 0 Å². The van der Waals surface area contributed by atoms with Crippen LogP contribution in [0.4, 0.5) is 0 Å². The molecule has 5 rings (SSSR count). The van der Waals surface area contributed by atoms with E-state index in [0.29, 0.717) is 10.6 Å². The van der Waals surface area contributed by atoms with Crippen molar-refractivity contribution >= 4 is 57.4 Å². The van der Waals surface area contributed by atoms with Gasteiger partial charge in [0.1, 0.15) is 6.54 Å². The van der Waals surface area contributed by atoms with Crippen molar-refractivity contribution in [1.82, 2.24) is 9.37 Å². The normalized spacial score (nSPS) is 13.3. The van der Waals surface area contributed by atoms with Gasteiger partial charge in [-0.15, -0.1) is 5.06 Å². The van der Waals surface area contributed by atoms with Gasteiger partial charge in [-0.3, -0.25) is 18.7 Å². The van der Waals surface area contributed by atoms with Crippen LogP contribution < -0.4 is 4.57 Å². The molecule has 8 nitrogen and oxygen atoms in total. The maximum Gasteiger partial charge on any atom is 0.333 e. The molecule has 1 aliphatic heterocycles. The lowest BCUT2D eigenvalue weighted by atomic mass is 10.0. The lowest BCUT2D eigenvalue weighted by Gasteiger charge is -2.23. The van der Waals surface area contributed by atoms with Gasteiger partial charge in [0.2, 0.25) is 11.0 Å². The van der Waals surface area contributed by atoms with Gasteiger partial charge in [0.25, 0.3) is 17.7 Å². The summed E-state index contributed by atoms with van der Waals surface area (Å²) in [4.78, 5) is 56.5. The summed E-state index contributed by atoms with van der Waals surface area (Å²) in [6, 6.07) is 23.8. The second kappa shape index (κ2) is 12.5. The van der Waals surface area contributed by atoms with Gasteiger partial charge in [0.05, 0.1) is 16.3 Å². The summed E-state index contributed by atoms with van der Waals surface area (Å²) < 4.78 is 3.94. The van der Waals surface area contributed by atoms with Crippen molar-refractivity contribution in [3.05, 3.63) is 83.9 Å². The Labute approximate surface area is 243 Å². The summed E-state index contributed by atoms with van der Waals surface area (Å²) in [5.41, 5.74) is 3.70. The molecule has 0 bridgehead atoms. The molecule has 4 aromatic rings. The number of hydrogen-bond donors (Lipinski definition) is 0. The van der Waals surface area contributed by atoms with Crippen LogP contribution >= 0.6 is 11.9 Å². The Kier molecular flexibility index (Phi) is 8.64. The number of carbonyl (C=O) groups excluding carboxylic acids is 4. The summed E-state index contributed by atoms with van der Waals surface area (Å²) in [5, 5.41) is 2.29. The number of nitrogens with zero attached hydrogens (tertiary/aromatic N) is 3. The van der Waals surface area contributed by atoms with Crippen LogP contribution in [0.1, 0.15) is 54.9 Å². The highest BCUT2D eigenvalue weighted by Crippen LogP contribution is 2.31. The molecule has 3 aromatic carbocycles. The van der Waals surface area contributed by atoms with Gasteiger partial charge in [-0.2, -0.15) is 4.57 Å². The highest BCUT2D eigenvalue weighted by molar-refractivity contribution is 7.97. The van der Waals surface area contributed by atoms with Gasteiger partial charge >= 0.3 is 5.97 Å². The highest BCUT2D eigenvalue weighted by Gasteiger charge is 2.33. The summed E-state index contributed by atoms with van der Waals surface area (Å²) in [6.45, 7) is 5.21. The molecule has 0 radical (unpaired) electrons. The van der Waals surface area contributed by atoms with Crippen molar-refractivity contribution in [1.29, 1.82) is 0 Å². The molecule has 1 fully saturated rings. The van der Waals surface area contributed by atoms with Gasteiger partial charge in [0, 0.05) is 49.3 Å². The molecule has 1 aromatic heterocycles. The summed E-state index contributed by atoms with van der Waals surface area (Å²) in [7, 11) is 0. The molecular formula is C32H32N3O5S+. The molecule has 9 heteroatoms. The smallest absolute Gasteiger partial charge is 0.330 e. The molecule has 2 heterocycles. The molecule has 0 aliphatic carbocycles. The minimum atomic E-state index is -0.683. The molecule has 3 amide bonds. The fourth-order valence-electron chi connectivity index (χ4n) is 5.02. The standard InChI is InChI=1S/C32H32N3O5S/c1-3-20-33-26-11-6-4-9-24(26)31(25-10-5-7-12-27(25)33)32(39)34(41-23-16-14-22(2)15-17-23)21-8-13-30(38)40-35-28(36)18-19-29(35)37/h4-7,9-12,14-17H,3,8,13,18-21H2,1-2H3/q+1. The van der Waals surface area contributed by atoms with E-state index in [0.717, 1.165) is 45.2 Å². The molecule has 210 valence electrons. The molecular weight excluding hydrogens is 538 g/mol. The van der Waals surface area contributed by atoms with Crippen molar-refractivity contribution in [3.63, 3.8) is 0 Å². The Morgan fingerprint density at radius 3 is 2.07 bits per heavy atom. The number of hydrogen-bond acceptors (Lipinski definition) is 6. The topological polar surface area (TPSA) is 87.9 Å². The molecule has 41 heavy (non-hydrogen) atoms. The number of pyridine rings is 1. The molecule has 0 saturated carbocycles. The second-order valence-electron chi connectivity index (χ2n) is 10.0. The first-order chi connectivity index (χ1) is 19.9. The number of rotatable bonds is 10. The van der Waals surface area contributed by atoms with E-state index in [-0.39, 0.29) is 38.1 Å². The number of fused-ring (bicyclic) bond motifs is 2. The Hall–Kier alpha value is -4.24. The monoisotopic (exact) mass is 570 g/mol. The average molecular weight is 571 g/mol. The number of amides is 3. The lowest BCUT2D eigenvalue weighted by molar-refractivity contribution is -0.645. The van der Waals surface area contributed by atoms with Crippen LogP contribution in [0.15, 0.2) is 77.7 Å². The largest absolute Gasteiger partial charge is 0.333 e. The quantitative estimate of drug-likeness (QED) is 0.108. The van der Waals surface area contributed by atoms with Crippen molar-refractivity contribution in [2.75, 3.05) is 6.54 Å². The Morgan fingerprint density at radius 1 is 0.902 bits per heavy atom. The third-order valence-electron chi connectivity index (χ3n) is 6.99. The number of para-hydroxylation sites is 2. The van der Waals surface area contributed by atoms with E-state index in [1.54, 1.807) is 4.31 Å². The third kappa shape index (κ3) is 6.10. The van der Waals surface area contributed by atoms with Crippen LogP contribution in [-0.4, -0.2) is 39.6 Å². The summed E-state index contributed by atoms with van der Waals surface area (Å²) in [5.74, 6) is -1.88. The van der Waals surface area contributed by atoms with E-state index in [4.69, 9.17) is 4.84 Å². The van der Waals surface area contributed by atoms with Gasteiger partial charge in [-0.05, 0) is 49.6 Å². The van der Waals surface area contributed by atoms with Crippen LogP contribution in [0.3, 0.4) is 0 Å². The van der Waals surface area contributed by atoms with Gasteiger partial charge in [0.15, 0.2) is 0 Å². The first-order valence-electron chi connectivity index (χ1n) is 13.8. The predicted molar refractivity (Wildman–Crippen MR) is 156 cm³/mol. The molecule has 0 unspecified atom stereocenters. The summed E-state index contributed by atoms with van der Waals surface area (Å²) in [6.07, 6.45) is 1.27. The maximum absolute atomic E-state index is 14.4. The van der Waals surface area contributed by atoms with Crippen molar-refractivity contribution in [2.45, 2.75) is 57.4 Å². The third-order valence-corrected chi connectivity index (χ3v) is 8.05. The number of benzene rings is 3. The zero-order chi connectivity index (χ0) is 28.9. The van der Waals surface area contributed by atoms with Crippen molar-refractivity contribution < 1.29 is 28.6 Å². The zero-order valence-electron chi connectivity index (χ0n) is 23.2. The minimum absolute atomic E-state index is 0.0405. The second-order valence-corrected chi connectivity index (χ2v) is 11.1. The molecule has 0 N–H and O–H groups in total.